The standard InChI is InChI=1S/C19H17IN4OS/c20-15-8-4-5-9-16(15)21-17(25)12-26-19-23-22-18(13-10-11-13)24(19)14-6-2-1-3-7-14/h1-9,13H,10-12H2,(H,21,25). The van der Waals surface area contributed by atoms with Crippen LogP contribution in [0.25, 0.3) is 5.69 Å². The van der Waals surface area contributed by atoms with Crippen molar-refractivity contribution in [2.45, 2.75) is 23.9 Å². The lowest BCUT2D eigenvalue weighted by molar-refractivity contribution is -0.113. The highest BCUT2D eigenvalue weighted by molar-refractivity contribution is 14.1. The second kappa shape index (κ2) is 7.79. The van der Waals surface area contributed by atoms with Crippen LogP contribution in [-0.2, 0) is 4.79 Å². The van der Waals surface area contributed by atoms with Gasteiger partial charge < -0.3 is 5.32 Å². The van der Waals surface area contributed by atoms with Crippen LogP contribution in [0.2, 0.25) is 0 Å². The minimum Gasteiger partial charge on any atom is -0.324 e. The van der Waals surface area contributed by atoms with Crippen LogP contribution >= 0.6 is 34.4 Å². The van der Waals surface area contributed by atoms with Crippen molar-refractivity contribution < 1.29 is 4.79 Å². The van der Waals surface area contributed by atoms with Gasteiger partial charge in [-0.1, -0.05) is 42.1 Å². The maximum atomic E-state index is 12.3. The Morgan fingerprint density at radius 1 is 1.12 bits per heavy atom. The van der Waals surface area contributed by atoms with Gasteiger partial charge in [0.05, 0.1) is 11.4 Å². The summed E-state index contributed by atoms with van der Waals surface area (Å²) in [6, 6.07) is 17.8. The van der Waals surface area contributed by atoms with E-state index in [9.17, 15) is 4.79 Å². The number of aromatic nitrogens is 3. The van der Waals surface area contributed by atoms with Gasteiger partial charge in [-0.15, -0.1) is 10.2 Å². The van der Waals surface area contributed by atoms with E-state index in [0.717, 1.165) is 38.8 Å². The van der Waals surface area contributed by atoms with E-state index in [1.165, 1.54) is 11.8 Å². The number of carbonyl (C=O) groups is 1. The van der Waals surface area contributed by atoms with Gasteiger partial charge in [0.25, 0.3) is 0 Å². The molecule has 1 heterocycles. The van der Waals surface area contributed by atoms with Gasteiger partial charge in [-0.3, -0.25) is 9.36 Å². The summed E-state index contributed by atoms with van der Waals surface area (Å²) in [6.07, 6.45) is 2.31. The molecule has 3 aromatic rings. The Kier molecular flexibility index (Phi) is 5.26. The molecule has 0 unspecified atom stereocenters. The zero-order chi connectivity index (χ0) is 17.9. The molecule has 26 heavy (non-hydrogen) atoms. The van der Waals surface area contributed by atoms with Crippen molar-refractivity contribution in [2.75, 3.05) is 11.1 Å². The largest absolute Gasteiger partial charge is 0.324 e. The summed E-state index contributed by atoms with van der Waals surface area (Å²) in [7, 11) is 0. The van der Waals surface area contributed by atoms with Crippen molar-refractivity contribution in [1.29, 1.82) is 0 Å². The average molecular weight is 476 g/mol. The Bertz CT molecular complexity index is 924. The second-order valence-electron chi connectivity index (χ2n) is 6.10. The number of halogens is 1. The normalized spacial score (nSPS) is 13.6. The van der Waals surface area contributed by atoms with Crippen molar-refractivity contribution in [2.24, 2.45) is 0 Å². The first-order valence-corrected chi connectivity index (χ1v) is 10.5. The number of amides is 1. The molecule has 1 N–H and O–H groups in total. The van der Waals surface area contributed by atoms with Crippen LogP contribution in [-0.4, -0.2) is 26.4 Å². The molecule has 1 fully saturated rings. The molecule has 0 bridgehead atoms. The SMILES string of the molecule is O=C(CSc1nnc(C2CC2)n1-c1ccccc1)Nc1ccccc1I. The molecule has 0 saturated heterocycles. The van der Waals surface area contributed by atoms with Crippen LogP contribution in [0.4, 0.5) is 5.69 Å². The minimum atomic E-state index is -0.0466. The van der Waals surface area contributed by atoms with Crippen molar-refractivity contribution in [3.8, 4) is 5.69 Å². The van der Waals surface area contributed by atoms with Gasteiger partial charge in [-0.05, 0) is 59.7 Å². The molecule has 0 atom stereocenters. The van der Waals surface area contributed by atoms with Crippen LogP contribution in [0.5, 0.6) is 0 Å². The Morgan fingerprint density at radius 3 is 2.58 bits per heavy atom. The summed E-state index contributed by atoms with van der Waals surface area (Å²) in [6.45, 7) is 0. The molecule has 0 spiro atoms. The van der Waals surface area contributed by atoms with Crippen LogP contribution in [0.1, 0.15) is 24.6 Å². The van der Waals surface area contributed by atoms with E-state index >= 15 is 0 Å². The third-order valence-corrected chi connectivity index (χ3v) is 5.97. The first-order valence-electron chi connectivity index (χ1n) is 8.40. The fraction of sp³-hybridized carbons (Fsp3) is 0.211. The van der Waals surface area contributed by atoms with E-state index in [4.69, 9.17) is 0 Å². The third-order valence-electron chi connectivity index (χ3n) is 4.10. The number of anilines is 1. The molecule has 1 aromatic heterocycles. The van der Waals surface area contributed by atoms with Crippen molar-refractivity contribution in [1.82, 2.24) is 14.8 Å². The number of hydrogen-bond donors (Lipinski definition) is 1. The Balaban J connectivity index is 1.50. The molecular formula is C19H17IN4OS. The number of nitrogens with one attached hydrogen (secondary N) is 1. The quantitative estimate of drug-likeness (QED) is 0.421. The molecular weight excluding hydrogens is 459 g/mol. The zero-order valence-corrected chi connectivity index (χ0v) is 16.9. The zero-order valence-electron chi connectivity index (χ0n) is 13.9. The number of hydrogen-bond acceptors (Lipinski definition) is 4. The van der Waals surface area contributed by atoms with Gasteiger partial charge in [0, 0.05) is 15.2 Å². The Morgan fingerprint density at radius 2 is 1.85 bits per heavy atom. The third kappa shape index (κ3) is 3.93. The second-order valence-corrected chi connectivity index (χ2v) is 8.21. The molecule has 1 amide bonds. The highest BCUT2D eigenvalue weighted by Gasteiger charge is 2.31. The monoisotopic (exact) mass is 476 g/mol. The summed E-state index contributed by atoms with van der Waals surface area (Å²) in [5, 5.41) is 12.5. The van der Waals surface area contributed by atoms with Crippen molar-refractivity contribution >= 4 is 45.9 Å². The lowest BCUT2D eigenvalue weighted by atomic mass is 10.3. The maximum absolute atomic E-state index is 12.3. The number of rotatable bonds is 6. The van der Waals surface area contributed by atoms with Gasteiger partial charge >= 0.3 is 0 Å². The van der Waals surface area contributed by atoms with E-state index in [1.807, 2.05) is 54.6 Å². The molecule has 1 saturated carbocycles. The van der Waals surface area contributed by atoms with E-state index in [2.05, 4.69) is 42.7 Å². The molecule has 1 aliphatic carbocycles. The molecule has 1 aliphatic rings. The fourth-order valence-electron chi connectivity index (χ4n) is 2.68. The van der Waals surface area contributed by atoms with Crippen molar-refractivity contribution in [3.05, 3.63) is 64.0 Å². The van der Waals surface area contributed by atoms with Gasteiger partial charge in [0.15, 0.2) is 5.16 Å². The summed E-state index contributed by atoms with van der Waals surface area (Å²) in [5.74, 6) is 1.73. The highest BCUT2D eigenvalue weighted by atomic mass is 127. The summed E-state index contributed by atoms with van der Waals surface area (Å²) < 4.78 is 3.11. The van der Waals surface area contributed by atoms with E-state index in [0.29, 0.717) is 11.7 Å². The molecule has 0 radical (unpaired) electrons. The number of nitrogens with zero attached hydrogens (tertiary/aromatic N) is 3. The van der Waals surface area contributed by atoms with E-state index in [-0.39, 0.29) is 5.91 Å². The number of thioether (sulfide) groups is 1. The molecule has 2 aromatic carbocycles. The predicted octanol–water partition coefficient (Wildman–Crippen LogP) is 4.48. The van der Waals surface area contributed by atoms with E-state index < -0.39 is 0 Å². The molecule has 5 nitrogen and oxygen atoms in total. The summed E-state index contributed by atoms with van der Waals surface area (Å²) in [4.78, 5) is 12.3. The Labute approximate surface area is 169 Å². The maximum Gasteiger partial charge on any atom is 0.234 e. The lowest BCUT2D eigenvalue weighted by Crippen LogP contribution is -2.15. The number of para-hydroxylation sites is 2. The Hall–Kier alpha value is -1.87. The first kappa shape index (κ1) is 17.5. The van der Waals surface area contributed by atoms with Crippen LogP contribution in [0, 0.1) is 3.57 Å². The topological polar surface area (TPSA) is 59.8 Å². The molecule has 0 aliphatic heterocycles. The smallest absolute Gasteiger partial charge is 0.234 e. The summed E-state index contributed by atoms with van der Waals surface area (Å²) >= 11 is 3.63. The molecule has 4 rings (SSSR count). The highest BCUT2D eigenvalue weighted by Crippen LogP contribution is 2.41. The first-order chi connectivity index (χ1) is 12.7. The predicted molar refractivity (Wildman–Crippen MR) is 112 cm³/mol. The van der Waals surface area contributed by atoms with Crippen LogP contribution in [0.3, 0.4) is 0 Å². The lowest BCUT2D eigenvalue weighted by Gasteiger charge is -2.10. The van der Waals surface area contributed by atoms with Gasteiger partial charge in [-0.2, -0.15) is 0 Å². The molecule has 132 valence electrons. The van der Waals surface area contributed by atoms with Crippen molar-refractivity contribution in [3.63, 3.8) is 0 Å². The minimum absolute atomic E-state index is 0.0466. The number of carbonyl (C=O) groups excluding carboxylic acids is 1. The van der Waals surface area contributed by atoms with Gasteiger partial charge in [0.1, 0.15) is 5.82 Å². The van der Waals surface area contributed by atoms with Crippen LogP contribution < -0.4 is 5.32 Å². The fourth-order valence-corrected chi connectivity index (χ4v) is 3.96. The summed E-state index contributed by atoms with van der Waals surface area (Å²) in [5.41, 5.74) is 1.88. The van der Waals surface area contributed by atoms with Gasteiger partial charge in [-0.25, -0.2) is 0 Å². The molecule has 7 heteroatoms. The van der Waals surface area contributed by atoms with Crippen LogP contribution in [0.15, 0.2) is 59.8 Å². The van der Waals surface area contributed by atoms with E-state index in [1.54, 1.807) is 0 Å². The van der Waals surface area contributed by atoms with Gasteiger partial charge in [0.2, 0.25) is 5.91 Å². The number of benzene rings is 2. The average Bonchev–Trinajstić information content (AvgIpc) is 3.42.